The lowest BCUT2D eigenvalue weighted by Gasteiger charge is -2.29. The molecule has 0 radical (unpaired) electrons. The Morgan fingerprint density at radius 1 is 1.44 bits per heavy atom. The van der Waals surface area contributed by atoms with Gasteiger partial charge in [0.15, 0.2) is 6.19 Å². The molecule has 90 valence electrons. The minimum atomic E-state index is -0.461. The van der Waals surface area contributed by atoms with Crippen LogP contribution < -0.4 is 5.32 Å². The van der Waals surface area contributed by atoms with Gasteiger partial charge in [0, 0.05) is 19.1 Å². The highest BCUT2D eigenvalue weighted by atomic mass is 16.6. The third-order valence-corrected chi connectivity index (χ3v) is 2.36. The summed E-state index contributed by atoms with van der Waals surface area (Å²) >= 11 is 0. The molecule has 0 bridgehead atoms. The maximum absolute atomic E-state index is 11.5. The van der Waals surface area contributed by atoms with Crippen LogP contribution in [-0.4, -0.2) is 35.7 Å². The second-order valence-corrected chi connectivity index (χ2v) is 5.01. The van der Waals surface area contributed by atoms with E-state index in [0.717, 1.165) is 12.8 Å². The SMILES string of the molecule is CC(C)(C)OC(=O)NC1CCN(C#N)CC1. The van der Waals surface area contributed by atoms with Gasteiger partial charge in [-0.1, -0.05) is 0 Å². The Bertz CT molecular complexity index is 283. The van der Waals surface area contributed by atoms with Crippen LogP contribution in [0.5, 0.6) is 0 Å². The van der Waals surface area contributed by atoms with Crippen molar-refractivity contribution in [3.8, 4) is 6.19 Å². The Morgan fingerprint density at radius 3 is 2.44 bits per heavy atom. The summed E-state index contributed by atoms with van der Waals surface area (Å²) in [6.07, 6.45) is 3.33. The molecule has 1 heterocycles. The normalized spacial score (nSPS) is 17.8. The molecule has 1 aliphatic heterocycles. The van der Waals surface area contributed by atoms with Crippen molar-refractivity contribution in [2.75, 3.05) is 13.1 Å². The molecule has 1 amide bonds. The van der Waals surface area contributed by atoms with E-state index in [4.69, 9.17) is 10.00 Å². The summed E-state index contributed by atoms with van der Waals surface area (Å²) in [7, 11) is 0. The number of amides is 1. The zero-order chi connectivity index (χ0) is 12.2. The standard InChI is InChI=1S/C11H19N3O2/c1-11(2,3)16-10(15)13-9-4-6-14(8-12)7-5-9/h9H,4-7H2,1-3H3,(H,13,15). The van der Waals surface area contributed by atoms with E-state index in [0.29, 0.717) is 13.1 Å². The summed E-state index contributed by atoms with van der Waals surface area (Å²) in [5.74, 6) is 0. The Balaban J connectivity index is 2.29. The zero-order valence-electron chi connectivity index (χ0n) is 10.1. The molecule has 1 rings (SSSR count). The van der Waals surface area contributed by atoms with Gasteiger partial charge < -0.3 is 15.0 Å². The van der Waals surface area contributed by atoms with Crippen molar-refractivity contribution in [3.05, 3.63) is 0 Å². The first kappa shape index (κ1) is 12.6. The third kappa shape index (κ3) is 4.39. The van der Waals surface area contributed by atoms with Gasteiger partial charge in [-0.05, 0) is 33.6 Å². The van der Waals surface area contributed by atoms with Crippen molar-refractivity contribution < 1.29 is 9.53 Å². The number of nitrogens with zero attached hydrogens (tertiary/aromatic N) is 2. The molecule has 0 aromatic heterocycles. The van der Waals surface area contributed by atoms with E-state index in [1.165, 1.54) is 0 Å². The highest BCUT2D eigenvalue weighted by Crippen LogP contribution is 2.11. The number of nitriles is 1. The number of hydrogen-bond acceptors (Lipinski definition) is 4. The first-order chi connectivity index (χ1) is 7.40. The lowest BCUT2D eigenvalue weighted by atomic mass is 10.1. The van der Waals surface area contributed by atoms with Crippen LogP contribution in [0, 0.1) is 11.5 Å². The van der Waals surface area contributed by atoms with Gasteiger partial charge in [0.25, 0.3) is 0 Å². The second kappa shape index (κ2) is 5.06. The van der Waals surface area contributed by atoms with Gasteiger partial charge in [-0.25, -0.2) is 4.79 Å². The Morgan fingerprint density at radius 2 is 2.00 bits per heavy atom. The number of nitrogens with one attached hydrogen (secondary N) is 1. The van der Waals surface area contributed by atoms with Crippen LogP contribution in [0.2, 0.25) is 0 Å². The Hall–Kier alpha value is -1.44. The van der Waals surface area contributed by atoms with Crippen molar-refractivity contribution in [1.29, 1.82) is 5.26 Å². The smallest absolute Gasteiger partial charge is 0.407 e. The van der Waals surface area contributed by atoms with Gasteiger partial charge in [-0.2, -0.15) is 5.26 Å². The van der Waals surface area contributed by atoms with Gasteiger partial charge in [0.2, 0.25) is 0 Å². The summed E-state index contributed by atoms with van der Waals surface area (Å²) in [5.41, 5.74) is -0.461. The molecule has 5 heteroatoms. The second-order valence-electron chi connectivity index (χ2n) is 5.01. The number of likely N-dealkylation sites (tertiary alicyclic amines) is 1. The van der Waals surface area contributed by atoms with Crippen LogP contribution in [0.25, 0.3) is 0 Å². The van der Waals surface area contributed by atoms with Crippen LogP contribution in [0.3, 0.4) is 0 Å². The molecular weight excluding hydrogens is 206 g/mol. The molecule has 1 N–H and O–H groups in total. The number of carbonyl (C=O) groups excluding carboxylic acids is 1. The molecule has 1 saturated heterocycles. The molecule has 16 heavy (non-hydrogen) atoms. The summed E-state index contributed by atoms with van der Waals surface area (Å²) in [4.78, 5) is 13.2. The molecule has 0 aliphatic carbocycles. The quantitative estimate of drug-likeness (QED) is 0.686. The molecule has 5 nitrogen and oxygen atoms in total. The van der Waals surface area contributed by atoms with Gasteiger partial charge in [0.05, 0.1) is 0 Å². The van der Waals surface area contributed by atoms with Crippen LogP contribution >= 0.6 is 0 Å². The van der Waals surface area contributed by atoms with E-state index in [2.05, 4.69) is 11.5 Å². The van der Waals surface area contributed by atoms with Gasteiger partial charge in [-0.15, -0.1) is 0 Å². The molecule has 0 saturated carbocycles. The van der Waals surface area contributed by atoms with Crippen molar-refractivity contribution in [2.45, 2.75) is 45.3 Å². The number of hydrogen-bond donors (Lipinski definition) is 1. The molecule has 0 aromatic rings. The Kier molecular flexibility index (Phi) is 3.99. The molecule has 0 unspecified atom stereocenters. The van der Waals surface area contributed by atoms with E-state index in [9.17, 15) is 4.79 Å². The van der Waals surface area contributed by atoms with Crippen LogP contribution in [0.4, 0.5) is 4.79 Å². The summed E-state index contributed by atoms with van der Waals surface area (Å²) in [6.45, 7) is 6.93. The Labute approximate surface area is 96.4 Å². The lowest BCUT2D eigenvalue weighted by Crippen LogP contribution is -2.44. The van der Waals surface area contributed by atoms with Crippen LogP contribution in [0.15, 0.2) is 0 Å². The summed E-state index contributed by atoms with van der Waals surface area (Å²) < 4.78 is 5.16. The summed E-state index contributed by atoms with van der Waals surface area (Å²) in [5, 5.41) is 11.5. The first-order valence-corrected chi connectivity index (χ1v) is 5.55. The fraction of sp³-hybridized carbons (Fsp3) is 0.818. The van der Waals surface area contributed by atoms with Gasteiger partial charge in [0.1, 0.15) is 5.60 Å². The average Bonchev–Trinajstić information content (AvgIpc) is 2.16. The number of alkyl carbamates (subject to hydrolysis) is 1. The molecular formula is C11H19N3O2. The largest absolute Gasteiger partial charge is 0.444 e. The first-order valence-electron chi connectivity index (χ1n) is 5.55. The van der Waals surface area contributed by atoms with Crippen molar-refractivity contribution in [2.24, 2.45) is 0 Å². The number of ether oxygens (including phenoxy) is 1. The van der Waals surface area contributed by atoms with E-state index in [1.807, 2.05) is 20.8 Å². The van der Waals surface area contributed by atoms with E-state index in [-0.39, 0.29) is 12.1 Å². The third-order valence-electron chi connectivity index (χ3n) is 2.36. The number of rotatable bonds is 1. The molecule has 0 spiro atoms. The number of piperidine rings is 1. The van der Waals surface area contributed by atoms with E-state index in [1.54, 1.807) is 4.90 Å². The topological polar surface area (TPSA) is 65.4 Å². The fourth-order valence-electron chi connectivity index (χ4n) is 1.60. The molecule has 1 aliphatic rings. The van der Waals surface area contributed by atoms with Crippen LogP contribution in [0.1, 0.15) is 33.6 Å². The summed E-state index contributed by atoms with van der Waals surface area (Å²) in [6, 6.07) is 0.124. The van der Waals surface area contributed by atoms with Crippen molar-refractivity contribution >= 4 is 6.09 Å². The molecule has 0 atom stereocenters. The predicted molar refractivity (Wildman–Crippen MR) is 59.6 cm³/mol. The van der Waals surface area contributed by atoms with Gasteiger partial charge >= 0.3 is 6.09 Å². The van der Waals surface area contributed by atoms with Gasteiger partial charge in [-0.3, -0.25) is 0 Å². The van der Waals surface area contributed by atoms with Crippen molar-refractivity contribution in [1.82, 2.24) is 10.2 Å². The van der Waals surface area contributed by atoms with E-state index < -0.39 is 5.60 Å². The monoisotopic (exact) mass is 225 g/mol. The molecule has 1 fully saturated rings. The average molecular weight is 225 g/mol. The minimum absolute atomic E-state index is 0.124. The lowest BCUT2D eigenvalue weighted by molar-refractivity contribution is 0.0487. The predicted octanol–water partition coefficient (Wildman–Crippen LogP) is 1.46. The zero-order valence-corrected chi connectivity index (χ0v) is 10.1. The minimum Gasteiger partial charge on any atom is -0.444 e. The van der Waals surface area contributed by atoms with Crippen LogP contribution in [-0.2, 0) is 4.74 Å². The maximum Gasteiger partial charge on any atom is 0.407 e. The van der Waals surface area contributed by atoms with E-state index >= 15 is 0 Å². The molecule has 0 aromatic carbocycles. The highest BCUT2D eigenvalue weighted by molar-refractivity contribution is 5.68. The highest BCUT2D eigenvalue weighted by Gasteiger charge is 2.22. The van der Waals surface area contributed by atoms with Crippen molar-refractivity contribution in [3.63, 3.8) is 0 Å². The fourth-order valence-corrected chi connectivity index (χ4v) is 1.60. The number of carbonyl (C=O) groups is 1. The maximum atomic E-state index is 11.5.